The van der Waals surface area contributed by atoms with E-state index >= 15 is 0 Å². The molecule has 0 bridgehead atoms. The third-order valence-electron chi connectivity index (χ3n) is 6.55. The van der Waals surface area contributed by atoms with Gasteiger partial charge < -0.3 is 5.32 Å². The molecule has 0 aromatic heterocycles. The molecule has 0 radical (unpaired) electrons. The summed E-state index contributed by atoms with van der Waals surface area (Å²) in [7, 11) is -7.54. The zero-order valence-electron chi connectivity index (χ0n) is 20.8. The number of nitrogens with zero attached hydrogens (tertiary/aromatic N) is 1. The van der Waals surface area contributed by atoms with Crippen molar-refractivity contribution in [3.05, 3.63) is 86.9 Å². The van der Waals surface area contributed by atoms with E-state index < -0.39 is 26.0 Å². The van der Waals surface area contributed by atoms with Crippen LogP contribution < -0.4 is 10.0 Å². The van der Waals surface area contributed by atoms with Gasteiger partial charge in [-0.2, -0.15) is 0 Å². The number of halogens is 3. The number of hydrogen-bond donors (Lipinski definition) is 2. The van der Waals surface area contributed by atoms with Crippen LogP contribution in [0.5, 0.6) is 0 Å². The van der Waals surface area contributed by atoms with E-state index in [-0.39, 0.29) is 39.7 Å². The topological polar surface area (TPSA) is 113 Å². The maximum absolute atomic E-state index is 12.9. The molecule has 8 nitrogen and oxygen atoms in total. The molecule has 1 aliphatic rings. The highest BCUT2D eigenvalue weighted by Gasteiger charge is 2.32. The number of carbonyl (C=O) groups is 1. The van der Waals surface area contributed by atoms with Gasteiger partial charge in [0.1, 0.15) is 0 Å². The lowest BCUT2D eigenvalue weighted by Gasteiger charge is -2.30. The Morgan fingerprint density at radius 1 is 0.872 bits per heavy atom. The quantitative estimate of drug-likeness (QED) is 0.320. The van der Waals surface area contributed by atoms with Gasteiger partial charge in [0.15, 0.2) is 0 Å². The monoisotopic (exact) mass is 629 g/mol. The van der Waals surface area contributed by atoms with Gasteiger partial charge in [-0.15, -0.1) is 0 Å². The van der Waals surface area contributed by atoms with Crippen molar-refractivity contribution < 1.29 is 21.6 Å². The van der Waals surface area contributed by atoms with Gasteiger partial charge >= 0.3 is 0 Å². The number of rotatable bonds is 8. The Morgan fingerprint density at radius 2 is 1.44 bits per heavy atom. The van der Waals surface area contributed by atoms with E-state index in [0.29, 0.717) is 40.4 Å². The van der Waals surface area contributed by atoms with Crippen LogP contribution >= 0.6 is 34.8 Å². The minimum atomic E-state index is -3.87. The Kier molecular flexibility index (Phi) is 9.15. The summed E-state index contributed by atoms with van der Waals surface area (Å²) in [6.07, 6.45) is 0.688. The van der Waals surface area contributed by atoms with E-state index in [1.54, 1.807) is 43.3 Å². The number of amides is 1. The third kappa shape index (κ3) is 7.06. The van der Waals surface area contributed by atoms with Gasteiger partial charge in [0.25, 0.3) is 10.0 Å². The molecule has 0 atom stereocenters. The predicted octanol–water partition coefficient (Wildman–Crippen LogP) is 5.94. The fraction of sp³-hybridized carbons (Fsp3) is 0.269. The summed E-state index contributed by atoms with van der Waals surface area (Å²) < 4.78 is 55.4. The number of carbonyl (C=O) groups excluding carboxylic acids is 1. The zero-order valence-corrected chi connectivity index (χ0v) is 24.7. The van der Waals surface area contributed by atoms with Gasteiger partial charge in [-0.1, -0.05) is 46.9 Å². The first kappa shape index (κ1) is 29.6. The van der Waals surface area contributed by atoms with Crippen LogP contribution in [0.1, 0.15) is 24.0 Å². The lowest BCUT2D eigenvalue weighted by molar-refractivity contribution is -0.120. The van der Waals surface area contributed by atoms with E-state index in [0.717, 1.165) is 0 Å². The molecule has 0 saturated carbocycles. The standard InChI is InChI=1S/C26H26Cl3N3O5S2/c1-17-22(27)4-3-7-25(17)31-39(36,37)20-10-8-19(9-11-20)30-26(33)18-12-14-32(15-13-18)38(34,35)16-21-23(28)5-2-6-24(21)29/h2-11,18,31H,12-16H2,1H3,(H,30,33). The molecule has 0 aliphatic carbocycles. The van der Waals surface area contributed by atoms with Gasteiger partial charge in [-0.05, 0) is 73.9 Å². The van der Waals surface area contributed by atoms with Crippen LogP contribution in [0.15, 0.2) is 65.6 Å². The number of sulfonamides is 2. The zero-order chi connectivity index (χ0) is 28.4. The van der Waals surface area contributed by atoms with Crippen LogP contribution in [-0.4, -0.2) is 40.1 Å². The predicted molar refractivity (Wildman–Crippen MR) is 155 cm³/mol. The summed E-state index contributed by atoms with van der Waals surface area (Å²) in [6.45, 7) is 2.09. The second kappa shape index (κ2) is 12.0. The molecule has 208 valence electrons. The van der Waals surface area contributed by atoms with Gasteiger partial charge in [0.2, 0.25) is 15.9 Å². The third-order valence-corrected chi connectivity index (χ3v) is 10.9. The van der Waals surface area contributed by atoms with E-state index in [1.165, 1.54) is 28.6 Å². The SMILES string of the molecule is Cc1c(Cl)cccc1NS(=O)(=O)c1ccc(NC(=O)C2CCN(S(=O)(=O)Cc3c(Cl)cccc3Cl)CC2)cc1. The van der Waals surface area contributed by atoms with Crippen LogP contribution in [0.25, 0.3) is 0 Å². The smallest absolute Gasteiger partial charge is 0.261 e. The van der Waals surface area contributed by atoms with Crippen LogP contribution in [0.4, 0.5) is 11.4 Å². The van der Waals surface area contributed by atoms with Crippen molar-refractivity contribution in [3.63, 3.8) is 0 Å². The summed E-state index contributed by atoms with van der Waals surface area (Å²) in [5, 5.41) is 3.81. The highest BCUT2D eigenvalue weighted by Crippen LogP contribution is 2.30. The van der Waals surface area contributed by atoms with E-state index in [1.807, 2.05) is 0 Å². The van der Waals surface area contributed by atoms with Crippen molar-refractivity contribution in [2.24, 2.45) is 5.92 Å². The Bertz CT molecular complexity index is 1570. The molecule has 1 amide bonds. The maximum Gasteiger partial charge on any atom is 0.261 e. The van der Waals surface area contributed by atoms with Crippen LogP contribution in [0.3, 0.4) is 0 Å². The Labute approximate surface area is 243 Å². The second-order valence-corrected chi connectivity index (χ2v) is 14.0. The Balaban J connectivity index is 1.34. The van der Waals surface area contributed by atoms with Gasteiger partial charge in [0.05, 0.1) is 16.3 Å². The summed E-state index contributed by atoms with van der Waals surface area (Å²) in [5.74, 6) is -0.968. The van der Waals surface area contributed by atoms with Crippen LogP contribution in [-0.2, 0) is 30.6 Å². The van der Waals surface area contributed by atoms with Crippen LogP contribution in [0, 0.1) is 12.8 Å². The van der Waals surface area contributed by atoms with Gasteiger partial charge in [-0.25, -0.2) is 21.1 Å². The molecule has 2 N–H and O–H groups in total. The number of anilines is 2. The molecule has 1 aliphatic heterocycles. The number of nitrogens with one attached hydrogen (secondary N) is 2. The Hall–Kier alpha value is -2.34. The van der Waals surface area contributed by atoms with E-state index in [9.17, 15) is 21.6 Å². The summed E-state index contributed by atoms with van der Waals surface area (Å²) in [5.41, 5.74) is 1.77. The van der Waals surface area contributed by atoms with Crippen molar-refractivity contribution >= 4 is 72.1 Å². The number of hydrogen-bond acceptors (Lipinski definition) is 5. The molecule has 3 aromatic rings. The highest BCUT2D eigenvalue weighted by molar-refractivity contribution is 7.92. The minimum absolute atomic E-state index is 0.0250. The largest absolute Gasteiger partial charge is 0.326 e. The summed E-state index contributed by atoms with van der Waals surface area (Å²) in [6, 6.07) is 15.6. The minimum Gasteiger partial charge on any atom is -0.326 e. The average molecular weight is 631 g/mol. The number of piperidine rings is 1. The molecule has 39 heavy (non-hydrogen) atoms. The lowest BCUT2D eigenvalue weighted by Crippen LogP contribution is -2.42. The van der Waals surface area contributed by atoms with Crippen molar-refractivity contribution in [2.75, 3.05) is 23.1 Å². The highest BCUT2D eigenvalue weighted by atomic mass is 35.5. The molecule has 4 rings (SSSR count). The molecular weight excluding hydrogens is 605 g/mol. The summed E-state index contributed by atoms with van der Waals surface area (Å²) in [4.78, 5) is 12.9. The van der Waals surface area contributed by atoms with Crippen molar-refractivity contribution in [1.82, 2.24) is 4.31 Å². The lowest BCUT2D eigenvalue weighted by atomic mass is 9.97. The first-order valence-corrected chi connectivity index (χ1v) is 16.2. The Morgan fingerprint density at radius 3 is 2.05 bits per heavy atom. The normalized spacial score (nSPS) is 15.2. The molecule has 3 aromatic carbocycles. The molecule has 1 saturated heterocycles. The van der Waals surface area contributed by atoms with Crippen molar-refractivity contribution in [2.45, 2.75) is 30.4 Å². The maximum atomic E-state index is 12.9. The van der Waals surface area contributed by atoms with Crippen LogP contribution in [0.2, 0.25) is 15.1 Å². The molecule has 1 heterocycles. The molecule has 0 unspecified atom stereocenters. The van der Waals surface area contributed by atoms with Gasteiger partial charge in [-0.3, -0.25) is 9.52 Å². The fourth-order valence-electron chi connectivity index (χ4n) is 4.22. The summed E-state index contributed by atoms with van der Waals surface area (Å²) >= 11 is 18.4. The van der Waals surface area contributed by atoms with E-state index in [4.69, 9.17) is 34.8 Å². The van der Waals surface area contributed by atoms with Crippen molar-refractivity contribution in [1.29, 1.82) is 0 Å². The molecule has 0 spiro atoms. The fourth-order valence-corrected chi connectivity index (χ4v) is 7.84. The average Bonchev–Trinajstić information content (AvgIpc) is 2.89. The number of benzene rings is 3. The molecular formula is C26H26Cl3N3O5S2. The van der Waals surface area contributed by atoms with Crippen molar-refractivity contribution in [3.8, 4) is 0 Å². The molecule has 1 fully saturated rings. The van der Waals surface area contributed by atoms with Gasteiger partial charge in [0, 0.05) is 45.3 Å². The first-order chi connectivity index (χ1) is 18.4. The first-order valence-electron chi connectivity index (χ1n) is 12.0. The second-order valence-electron chi connectivity index (χ2n) is 9.16. The molecule has 13 heteroatoms. The van der Waals surface area contributed by atoms with E-state index in [2.05, 4.69) is 10.0 Å².